The Morgan fingerprint density at radius 1 is 1.29 bits per heavy atom. The number of amides is 1. The lowest BCUT2D eigenvalue weighted by molar-refractivity contribution is -0.142. The van der Waals surface area contributed by atoms with Gasteiger partial charge in [-0.3, -0.25) is 9.48 Å². The van der Waals surface area contributed by atoms with Crippen LogP contribution in [0.5, 0.6) is 0 Å². The average molecular weight is 469 g/mol. The third kappa shape index (κ3) is 4.19. The molecule has 2 N–H and O–H groups in total. The number of fused-ring (bicyclic) bond motifs is 2. The second-order valence-corrected chi connectivity index (χ2v) is 7.72. The Kier molecular flexibility index (Phi) is 5.23. The lowest BCUT2D eigenvalue weighted by atomic mass is 10.1. The monoisotopic (exact) mass is 469 g/mol. The maximum atomic E-state index is 12.6. The first-order valence-electron chi connectivity index (χ1n) is 10.3. The van der Waals surface area contributed by atoms with Gasteiger partial charge in [0, 0.05) is 11.9 Å². The Morgan fingerprint density at radius 3 is 2.94 bits per heavy atom. The van der Waals surface area contributed by atoms with Gasteiger partial charge in [0.05, 0.1) is 24.1 Å². The van der Waals surface area contributed by atoms with Crippen molar-refractivity contribution in [2.75, 3.05) is 10.6 Å². The molecule has 0 unspecified atom stereocenters. The number of nitrogens with zero attached hydrogens (tertiary/aromatic N) is 7. The normalized spacial score (nSPS) is 15.3. The van der Waals surface area contributed by atoms with Crippen molar-refractivity contribution in [3.05, 3.63) is 60.6 Å². The molecule has 3 aromatic heterocycles. The minimum atomic E-state index is -4.37. The molecule has 4 aromatic rings. The average Bonchev–Trinajstić information content (AvgIpc) is 3.51. The van der Waals surface area contributed by atoms with Crippen molar-refractivity contribution in [1.29, 1.82) is 0 Å². The summed E-state index contributed by atoms with van der Waals surface area (Å²) in [5.74, 6) is -0.113. The quantitative estimate of drug-likeness (QED) is 0.416. The molecule has 1 aromatic carbocycles. The fraction of sp³-hybridized carbons (Fsp3) is 0.238. The van der Waals surface area contributed by atoms with Gasteiger partial charge in [0.2, 0.25) is 11.9 Å². The number of aromatic nitrogens is 7. The molecule has 1 aliphatic rings. The van der Waals surface area contributed by atoms with Gasteiger partial charge in [-0.15, -0.1) is 5.10 Å². The summed E-state index contributed by atoms with van der Waals surface area (Å²) in [5, 5.41) is 17.8. The van der Waals surface area contributed by atoms with Crippen LogP contribution in [-0.4, -0.2) is 46.8 Å². The molecule has 0 aliphatic heterocycles. The Hall–Kier alpha value is -4.29. The zero-order valence-electron chi connectivity index (χ0n) is 17.6. The summed E-state index contributed by atoms with van der Waals surface area (Å²) < 4.78 is 40.2. The molecule has 0 radical (unpaired) electrons. The molecule has 1 atom stereocenters. The van der Waals surface area contributed by atoms with E-state index in [2.05, 4.69) is 42.6 Å². The minimum Gasteiger partial charge on any atom is -0.322 e. The molecular formula is C21H18F3N9O. The summed E-state index contributed by atoms with van der Waals surface area (Å²) in [5.41, 5.74) is 3.99. The predicted octanol–water partition coefficient (Wildman–Crippen LogP) is 3.38. The van der Waals surface area contributed by atoms with Gasteiger partial charge in [-0.25, -0.2) is 9.67 Å². The molecule has 1 aliphatic carbocycles. The van der Waals surface area contributed by atoms with E-state index in [1.807, 2.05) is 18.2 Å². The van der Waals surface area contributed by atoms with Crippen molar-refractivity contribution in [3.63, 3.8) is 0 Å². The molecular weight excluding hydrogens is 451 g/mol. The van der Waals surface area contributed by atoms with Crippen molar-refractivity contribution in [2.45, 2.75) is 31.6 Å². The number of alkyl halides is 3. The summed E-state index contributed by atoms with van der Waals surface area (Å²) >= 11 is 0. The topological polar surface area (TPSA) is 115 Å². The van der Waals surface area contributed by atoms with Crippen molar-refractivity contribution in [1.82, 2.24) is 34.7 Å². The Bertz CT molecular complexity index is 1390. The summed E-state index contributed by atoms with van der Waals surface area (Å²) in [7, 11) is 0. The van der Waals surface area contributed by atoms with E-state index in [0.717, 1.165) is 34.3 Å². The highest BCUT2D eigenvalue weighted by Gasteiger charge is 2.30. The van der Waals surface area contributed by atoms with Gasteiger partial charge in [0.15, 0.2) is 11.2 Å². The maximum Gasteiger partial charge on any atom is 0.408 e. The van der Waals surface area contributed by atoms with Gasteiger partial charge in [0.1, 0.15) is 6.54 Å². The zero-order chi connectivity index (χ0) is 23.9. The molecule has 13 heteroatoms. The molecule has 0 spiro atoms. The first-order valence-corrected chi connectivity index (χ1v) is 10.3. The van der Waals surface area contributed by atoms with Gasteiger partial charge in [-0.2, -0.15) is 23.3 Å². The standard InChI is InChI=1S/C21H18F3N9O/c1-2-18(34)28-15-5-3-4-14-13(15)6-7-17(14)33-19-16(30-31-33)9-25-20(29-19)27-12-8-26-32(10-12)11-21(22,23)24/h2-5,8-10,17H,1,6-7,11H2,(H,28,34)(H,25,27,29)/t17-/m0/s1. The van der Waals surface area contributed by atoms with Gasteiger partial charge in [-0.05, 0) is 36.1 Å². The van der Waals surface area contributed by atoms with Gasteiger partial charge in [-0.1, -0.05) is 23.9 Å². The van der Waals surface area contributed by atoms with Gasteiger partial charge in [0.25, 0.3) is 0 Å². The van der Waals surface area contributed by atoms with Crippen LogP contribution in [-0.2, 0) is 17.8 Å². The van der Waals surface area contributed by atoms with Crippen LogP contribution in [0.15, 0.2) is 49.4 Å². The van der Waals surface area contributed by atoms with Crippen LogP contribution in [0.4, 0.5) is 30.5 Å². The minimum absolute atomic E-state index is 0.155. The fourth-order valence-corrected chi connectivity index (χ4v) is 4.03. The van der Waals surface area contributed by atoms with Crippen molar-refractivity contribution >= 4 is 34.4 Å². The number of carbonyl (C=O) groups excluding carboxylic acids is 1. The molecule has 10 nitrogen and oxygen atoms in total. The third-order valence-corrected chi connectivity index (χ3v) is 5.42. The van der Waals surface area contributed by atoms with E-state index >= 15 is 0 Å². The van der Waals surface area contributed by atoms with Crippen molar-refractivity contribution in [3.8, 4) is 0 Å². The molecule has 3 heterocycles. The molecule has 5 rings (SSSR count). The van der Waals surface area contributed by atoms with E-state index in [9.17, 15) is 18.0 Å². The SMILES string of the molecule is C=CC(=O)Nc1cccc2c1CC[C@@H]2n1nnc2cnc(Nc3cnn(CC(F)(F)F)c3)nc21. The van der Waals surface area contributed by atoms with Gasteiger partial charge >= 0.3 is 6.18 Å². The van der Waals surface area contributed by atoms with E-state index in [1.54, 1.807) is 4.68 Å². The number of hydrogen-bond donors (Lipinski definition) is 2. The van der Waals surface area contributed by atoms with Crippen LogP contribution in [0, 0.1) is 0 Å². The Balaban J connectivity index is 1.43. The fourth-order valence-electron chi connectivity index (χ4n) is 4.03. The number of nitrogens with one attached hydrogen (secondary N) is 2. The summed E-state index contributed by atoms with van der Waals surface area (Å²) in [6, 6.07) is 5.51. The highest BCUT2D eigenvalue weighted by Crippen LogP contribution is 2.38. The second-order valence-electron chi connectivity index (χ2n) is 7.72. The summed E-state index contributed by atoms with van der Waals surface area (Å²) in [4.78, 5) is 20.4. The number of benzene rings is 1. The molecule has 1 amide bonds. The molecule has 0 saturated heterocycles. The first kappa shape index (κ1) is 21.6. The first-order chi connectivity index (χ1) is 16.3. The third-order valence-electron chi connectivity index (χ3n) is 5.42. The second kappa shape index (κ2) is 8.24. The van der Waals surface area contributed by atoms with Crippen LogP contribution in [0.2, 0.25) is 0 Å². The largest absolute Gasteiger partial charge is 0.408 e. The van der Waals surface area contributed by atoms with Crippen LogP contribution in [0.25, 0.3) is 11.2 Å². The predicted molar refractivity (Wildman–Crippen MR) is 116 cm³/mol. The summed E-state index contributed by atoms with van der Waals surface area (Å²) in [6.07, 6.45) is 2.28. The van der Waals surface area contributed by atoms with E-state index in [4.69, 9.17) is 0 Å². The highest BCUT2D eigenvalue weighted by molar-refractivity contribution is 5.99. The highest BCUT2D eigenvalue weighted by atomic mass is 19.4. The molecule has 0 fully saturated rings. The summed E-state index contributed by atoms with van der Waals surface area (Å²) in [6.45, 7) is 2.29. The van der Waals surface area contributed by atoms with E-state index in [1.165, 1.54) is 24.7 Å². The van der Waals surface area contributed by atoms with Crippen molar-refractivity contribution < 1.29 is 18.0 Å². The number of rotatable bonds is 6. The van der Waals surface area contributed by atoms with E-state index < -0.39 is 12.7 Å². The molecule has 0 bridgehead atoms. The van der Waals surface area contributed by atoms with Crippen LogP contribution in [0.1, 0.15) is 23.6 Å². The number of halogens is 3. The lowest BCUT2D eigenvalue weighted by Gasteiger charge is -2.14. The smallest absolute Gasteiger partial charge is 0.322 e. The van der Waals surface area contributed by atoms with E-state index in [0.29, 0.717) is 16.9 Å². The maximum absolute atomic E-state index is 12.6. The van der Waals surface area contributed by atoms with Crippen LogP contribution < -0.4 is 10.6 Å². The van der Waals surface area contributed by atoms with Crippen LogP contribution >= 0.6 is 0 Å². The Labute approximate surface area is 190 Å². The van der Waals surface area contributed by atoms with Gasteiger partial charge < -0.3 is 10.6 Å². The molecule has 174 valence electrons. The van der Waals surface area contributed by atoms with Crippen LogP contribution in [0.3, 0.4) is 0 Å². The number of hydrogen-bond acceptors (Lipinski definition) is 7. The Morgan fingerprint density at radius 2 is 2.15 bits per heavy atom. The molecule has 0 saturated carbocycles. The number of anilines is 3. The number of carbonyl (C=O) groups is 1. The lowest BCUT2D eigenvalue weighted by Crippen LogP contribution is -2.17. The molecule has 34 heavy (non-hydrogen) atoms. The zero-order valence-corrected chi connectivity index (χ0v) is 17.6. The van der Waals surface area contributed by atoms with E-state index in [-0.39, 0.29) is 17.9 Å². The van der Waals surface area contributed by atoms with Crippen molar-refractivity contribution in [2.24, 2.45) is 0 Å².